The van der Waals surface area contributed by atoms with Crippen LogP contribution in [0.5, 0.6) is 5.75 Å². The van der Waals surface area contributed by atoms with Gasteiger partial charge in [-0.15, -0.1) is 0 Å². The van der Waals surface area contributed by atoms with Crippen molar-refractivity contribution in [1.29, 1.82) is 0 Å². The van der Waals surface area contributed by atoms with Crippen LogP contribution >= 0.6 is 0 Å². The zero-order chi connectivity index (χ0) is 16.4. The maximum atomic E-state index is 13.1. The lowest BCUT2D eigenvalue weighted by Crippen LogP contribution is -2.46. The van der Waals surface area contributed by atoms with Crippen LogP contribution in [0.3, 0.4) is 0 Å². The van der Waals surface area contributed by atoms with E-state index in [0.717, 1.165) is 10.9 Å². The van der Waals surface area contributed by atoms with Crippen molar-refractivity contribution in [2.45, 2.75) is 18.6 Å². The minimum absolute atomic E-state index is 0.609. The van der Waals surface area contributed by atoms with Gasteiger partial charge in [-0.2, -0.15) is 13.2 Å². The number of methoxy groups -OCH3 is 1. The van der Waals surface area contributed by atoms with Gasteiger partial charge in [0.25, 0.3) is 0 Å². The van der Waals surface area contributed by atoms with Crippen molar-refractivity contribution in [2.75, 3.05) is 33.3 Å². The molecule has 0 radical (unpaired) electrons. The number of nitrogens with zero attached hydrogens (tertiary/aromatic N) is 1. The highest BCUT2D eigenvalue weighted by atomic mass is 19.4. The highest BCUT2D eigenvalue weighted by Gasteiger charge is 2.37. The van der Waals surface area contributed by atoms with Gasteiger partial charge in [0.2, 0.25) is 0 Å². The molecule has 1 aromatic carbocycles. The van der Waals surface area contributed by atoms with Crippen LogP contribution in [0.2, 0.25) is 0 Å². The number of rotatable bonds is 4. The number of hydrogen-bond donors (Lipinski definition) is 2. The predicted molar refractivity (Wildman–Crippen MR) is 82.7 cm³/mol. The number of benzene rings is 1. The van der Waals surface area contributed by atoms with Crippen LogP contribution in [0, 0.1) is 0 Å². The van der Waals surface area contributed by atoms with E-state index in [1.54, 1.807) is 25.4 Å². The van der Waals surface area contributed by atoms with Crippen molar-refractivity contribution in [3.63, 3.8) is 0 Å². The van der Waals surface area contributed by atoms with E-state index < -0.39 is 18.6 Å². The number of nitrogens with one attached hydrogen (secondary N) is 2. The van der Waals surface area contributed by atoms with Crippen molar-refractivity contribution in [3.05, 3.63) is 30.0 Å². The molecule has 2 heterocycles. The Bertz CT molecular complexity index is 662. The monoisotopic (exact) mass is 327 g/mol. The summed E-state index contributed by atoms with van der Waals surface area (Å²) in [7, 11) is 1.55. The molecule has 2 aromatic rings. The van der Waals surface area contributed by atoms with Gasteiger partial charge >= 0.3 is 6.18 Å². The molecule has 4 nitrogen and oxygen atoms in total. The molecule has 1 aromatic heterocycles. The largest absolute Gasteiger partial charge is 0.497 e. The van der Waals surface area contributed by atoms with Crippen LogP contribution in [0.25, 0.3) is 10.9 Å². The van der Waals surface area contributed by atoms with Crippen molar-refractivity contribution in [1.82, 2.24) is 15.2 Å². The molecule has 0 bridgehead atoms. The summed E-state index contributed by atoms with van der Waals surface area (Å²) in [6.45, 7) is 2.63. The number of alkyl halides is 3. The third kappa shape index (κ3) is 3.61. The molecule has 2 N–H and O–H groups in total. The Labute approximate surface area is 132 Å². The zero-order valence-corrected chi connectivity index (χ0v) is 12.9. The first-order valence-electron chi connectivity index (χ1n) is 7.64. The van der Waals surface area contributed by atoms with Crippen LogP contribution in [-0.2, 0) is 0 Å². The fraction of sp³-hybridized carbons (Fsp3) is 0.500. The van der Waals surface area contributed by atoms with Crippen molar-refractivity contribution in [3.8, 4) is 5.75 Å². The van der Waals surface area contributed by atoms with Gasteiger partial charge in [0.05, 0.1) is 13.5 Å². The Balaban J connectivity index is 2.01. The normalized spacial score (nSPS) is 18.3. The molecule has 0 unspecified atom stereocenters. The number of piperazine rings is 1. The van der Waals surface area contributed by atoms with E-state index >= 15 is 0 Å². The fourth-order valence-electron chi connectivity index (χ4n) is 3.17. The minimum atomic E-state index is -4.21. The summed E-state index contributed by atoms with van der Waals surface area (Å²) in [6.07, 6.45) is -3.36. The molecule has 126 valence electrons. The first-order valence-corrected chi connectivity index (χ1v) is 7.64. The van der Waals surface area contributed by atoms with E-state index in [9.17, 15) is 13.2 Å². The Morgan fingerprint density at radius 3 is 2.65 bits per heavy atom. The van der Waals surface area contributed by atoms with Gasteiger partial charge < -0.3 is 15.0 Å². The number of aromatic nitrogens is 1. The molecule has 3 rings (SSSR count). The van der Waals surface area contributed by atoms with E-state index in [1.807, 2.05) is 11.0 Å². The lowest BCUT2D eigenvalue weighted by molar-refractivity contribution is -0.148. The van der Waals surface area contributed by atoms with Crippen molar-refractivity contribution >= 4 is 10.9 Å². The zero-order valence-electron chi connectivity index (χ0n) is 12.9. The number of fused-ring (bicyclic) bond motifs is 1. The molecule has 1 aliphatic heterocycles. The summed E-state index contributed by atoms with van der Waals surface area (Å²) >= 11 is 0. The second-order valence-electron chi connectivity index (χ2n) is 5.78. The number of hydrogen-bond acceptors (Lipinski definition) is 3. The van der Waals surface area contributed by atoms with Gasteiger partial charge in [-0.05, 0) is 23.8 Å². The molecule has 1 fully saturated rings. The van der Waals surface area contributed by atoms with Gasteiger partial charge in [0, 0.05) is 49.3 Å². The van der Waals surface area contributed by atoms with Gasteiger partial charge in [-0.3, -0.25) is 4.90 Å². The summed E-state index contributed by atoms with van der Waals surface area (Å²) < 4.78 is 44.6. The number of H-pyrrole nitrogens is 1. The average Bonchev–Trinajstić information content (AvgIpc) is 2.95. The first kappa shape index (κ1) is 16.1. The lowest BCUT2D eigenvalue weighted by atomic mass is 10.00. The van der Waals surface area contributed by atoms with Crippen LogP contribution in [-0.4, -0.2) is 49.3 Å². The van der Waals surface area contributed by atoms with Crippen LogP contribution in [0.15, 0.2) is 24.4 Å². The molecule has 23 heavy (non-hydrogen) atoms. The molecule has 1 atom stereocenters. The second kappa shape index (κ2) is 6.41. The van der Waals surface area contributed by atoms with Crippen LogP contribution < -0.4 is 10.1 Å². The van der Waals surface area contributed by atoms with Crippen molar-refractivity contribution in [2.24, 2.45) is 0 Å². The summed E-state index contributed by atoms with van der Waals surface area (Å²) in [5.74, 6) is 0.643. The quantitative estimate of drug-likeness (QED) is 0.907. The smallest absolute Gasteiger partial charge is 0.390 e. The summed E-state index contributed by atoms with van der Waals surface area (Å²) in [6, 6.07) is 4.75. The topological polar surface area (TPSA) is 40.3 Å². The lowest BCUT2D eigenvalue weighted by Gasteiger charge is -2.35. The number of halogens is 3. The molecular weight excluding hydrogens is 307 g/mol. The molecule has 0 aliphatic carbocycles. The highest BCUT2D eigenvalue weighted by Crippen LogP contribution is 2.38. The Hall–Kier alpha value is -1.73. The summed E-state index contributed by atoms with van der Waals surface area (Å²) in [4.78, 5) is 4.99. The maximum Gasteiger partial charge on any atom is 0.390 e. The Morgan fingerprint density at radius 2 is 2.00 bits per heavy atom. The Morgan fingerprint density at radius 1 is 1.26 bits per heavy atom. The third-order valence-electron chi connectivity index (χ3n) is 4.30. The minimum Gasteiger partial charge on any atom is -0.497 e. The summed E-state index contributed by atoms with van der Waals surface area (Å²) in [5.41, 5.74) is 1.50. The summed E-state index contributed by atoms with van der Waals surface area (Å²) in [5, 5.41) is 3.97. The van der Waals surface area contributed by atoms with E-state index in [2.05, 4.69) is 10.3 Å². The fourth-order valence-corrected chi connectivity index (χ4v) is 3.17. The van der Waals surface area contributed by atoms with Gasteiger partial charge in [-0.25, -0.2) is 0 Å². The third-order valence-corrected chi connectivity index (χ3v) is 4.30. The van der Waals surface area contributed by atoms with E-state index in [-0.39, 0.29) is 0 Å². The number of aromatic amines is 1. The molecule has 7 heteroatoms. The number of ether oxygens (including phenoxy) is 1. The standard InChI is InChI=1S/C16H20F3N3O/c1-23-11-2-3-14-12(8-11)13(10-21-14)15(9-16(17,18)19)22-6-4-20-5-7-22/h2-3,8,10,15,20-21H,4-7,9H2,1H3/t15-/m1/s1. The van der Waals surface area contributed by atoms with Gasteiger partial charge in [0.1, 0.15) is 5.75 Å². The molecule has 0 saturated carbocycles. The molecule has 0 spiro atoms. The molecular formula is C16H20F3N3O. The molecule has 1 saturated heterocycles. The van der Waals surface area contributed by atoms with Crippen LogP contribution in [0.4, 0.5) is 13.2 Å². The van der Waals surface area contributed by atoms with Crippen molar-refractivity contribution < 1.29 is 17.9 Å². The first-order chi connectivity index (χ1) is 11.0. The predicted octanol–water partition coefficient (Wildman–Crippen LogP) is 3.08. The van der Waals surface area contributed by atoms with E-state index in [1.165, 1.54) is 0 Å². The SMILES string of the molecule is COc1ccc2[nH]cc([C@@H](CC(F)(F)F)N3CCNCC3)c2c1. The maximum absolute atomic E-state index is 13.1. The highest BCUT2D eigenvalue weighted by molar-refractivity contribution is 5.85. The average molecular weight is 327 g/mol. The van der Waals surface area contributed by atoms with Gasteiger partial charge in [-0.1, -0.05) is 0 Å². The van der Waals surface area contributed by atoms with E-state index in [4.69, 9.17) is 4.74 Å². The van der Waals surface area contributed by atoms with Gasteiger partial charge in [0.15, 0.2) is 0 Å². The molecule has 1 aliphatic rings. The van der Waals surface area contributed by atoms with E-state index in [0.29, 0.717) is 37.5 Å². The second-order valence-corrected chi connectivity index (χ2v) is 5.78. The van der Waals surface area contributed by atoms with Crippen LogP contribution in [0.1, 0.15) is 18.0 Å². The Kier molecular flexibility index (Phi) is 4.50. The molecule has 0 amide bonds.